The van der Waals surface area contributed by atoms with E-state index in [9.17, 15) is 13.6 Å². The number of nitrogens with one attached hydrogen (secondary N) is 1. The molecule has 0 fully saturated rings. The number of rotatable bonds is 4. The maximum Gasteiger partial charge on any atom is 0.196 e. The van der Waals surface area contributed by atoms with Crippen LogP contribution in [-0.4, -0.2) is 10.8 Å². The van der Waals surface area contributed by atoms with Crippen molar-refractivity contribution in [2.45, 2.75) is 0 Å². The third-order valence-electron chi connectivity index (χ3n) is 3.41. The highest BCUT2D eigenvalue weighted by atomic mass is 35.5. The molecule has 1 heterocycles. The number of aromatic nitrogens is 1. The highest BCUT2D eigenvalue weighted by molar-refractivity contribution is 6.36. The number of carbonyl (C=O) groups is 1. The summed E-state index contributed by atoms with van der Waals surface area (Å²) in [5.41, 5.74) is 0.201. The van der Waals surface area contributed by atoms with Gasteiger partial charge in [-0.1, -0.05) is 29.3 Å². The van der Waals surface area contributed by atoms with Gasteiger partial charge in [0.05, 0.1) is 5.02 Å². The fraction of sp³-hybridized carbons (Fsp3) is 0. The van der Waals surface area contributed by atoms with Gasteiger partial charge in [0.15, 0.2) is 5.78 Å². The Kier molecular flexibility index (Phi) is 4.97. The van der Waals surface area contributed by atoms with E-state index in [4.69, 9.17) is 23.2 Å². The number of hydrogen-bond acceptors (Lipinski definition) is 3. The molecule has 3 nitrogen and oxygen atoms in total. The van der Waals surface area contributed by atoms with Gasteiger partial charge in [-0.2, -0.15) is 0 Å². The first kappa shape index (κ1) is 17.3. The van der Waals surface area contributed by atoms with Gasteiger partial charge in [-0.15, -0.1) is 0 Å². The van der Waals surface area contributed by atoms with Gasteiger partial charge < -0.3 is 5.32 Å². The van der Waals surface area contributed by atoms with Crippen LogP contribution >= 0.6 is 23.2 Å². The summed E-state index contributed by atoms with van der Waals surface area (Å²) in [5.74, 6) is -1.65. The molecule has 0 bridgehead atoms. The molecule has 0 radical (unpaired) electrons. The maximum atomic E-state index is 13.6. The normalized spacial score (nSPS) is 10.6. The molecule has 0 aliphatic heterocycles. The number of hydrogen-bond donors (Lipinski definition) is 1. The summed E-state index contributed by atoms with van der Waals surface area (Å²) >= 11 is 11.9. The zero-order valence-corrected chi connectivity index (χ0v) is 14.1. The molecule has 2 aromatic carbocycles. The Morgan fingerprint density at radius 1 is 1.00 bits per heavy atom. The molecule has 0 saturated heterocycles. The summed E-state index contributed by atoms with van der Waals surface area (Å²) in [5, 5.41) is 3.20. The highest BCUT2D eigenvalue weighted by Crippen LogP contribution is 2.25. The lowest BCUT2D eigenvalue weighted by molar-refractivity contribution is 0.103. The average Bonchev–Trinajstić information content (AvgIpc) is 2.60. The Labute approximate surface area is 152 Å². The number of carbonyl (C=O) groups excluding carboxylic acids is 1. The second kappa shape index (κ2) is 7.17. The van der Waals surface area contributed by atoms with Gasteiger partial charge in [0.1, 0.15) is 23.1 Å². The Morgan fingerprint density at radius 3 is 2.36 bits per heavy atom. The van der Waals surface area contributed by atoms with Crippen LogP contribution in [0.4, 0.5) is 20.3 Å². The van der Waals surface area contributed by atoms with Gasteiger partial charge in [-0.3, -0.25) is 4.79 Å². The molecule has 0 saturated carbocycles. The van der Waals surface area contributed by atoms with E-state index in [1.807, 2.05) is 0 Å². The van der Waals surface area contributed by atoms with E-state index in [0.29, 0.717) is 5.02 Å². The minimum absolute atomic E-state index is 0.192. The molecular weight excluding hydrogens is 369 g/mol. The van der Waals surface area contributed by atoms with Crippen LogP contribution < -0.4 is 5.32 Å². The molecule has 0 aliphatic rings. The van der Waals surface area contributed by atoms with E-state index in [1.54, 1.807) is 6.07 Å². The number of nitrogens with zero attached hydrogens (tertiary/aromatic N) is 1. The summed E-state index contributed by atoms with van der Waals surface area (Å²) in [6.07, 6.45) is 1.29. The molecule has 3 rings (SSSR count). The van der Waals surface area contributed by atoms with Crippen molar-refractivity contribution in [2.24, 2.45) is 0 Å². The fourth-order valence-electron chi connectivity index (χ4n) is 2.17. The summed E-state index contributed by atoms with van der Waals surface area (Å²) in [7, 11) is 0. The van der Waals surface area contributed by atoms with Crippen LogP contribution in [0, 0.1) is 11.6 Å². The number of halogens is 4. The van der Waals surface area contributed by atoms with Crippen LogP contribution in [0.2, 0.25) is 10.0 Å². The third kappa shape index (κ3) is 3.78. The highest BCUT2D eigenvalue weighted by Gasteiger charge is 2.15. The van der Waals surface area contributed by atoms with E-state index in [-0.39, 0.29) is 33.4 Å². The van der Waals surface area contributed by atoms with Crippen molar-refractivity contribution in [2.75, 3.05) is 5.32 Å². The largest absolute Gasteiger partial charge is 0.335 e. The van der Waals surface area contributed by atoms with E-state index in [1.165, 1.54) is 36.5 Å². The van der Waals surface area contributed by atoms with E-state index >= 15 is 0 Å². The SMILES string of the molecule is O=C(c1ccc(Nc2c(F)cccc2F)nc1)c1cc(Cl)ccc1Cl. The Balaban J connectivity index is 1.85. The molecule has 3 aromatic rings. The van der Waals surface area contributed by atoms with Gasteiger partial charge in [-0.05, 0) is 42.5 Å². The number of pyridine rings is 1. The molecule has 0 amide bonds. The number of benzene rings is 2. The molecule has 0 spiro atoms. The lowest BCUT2D eigenvalue weighted by Crippen LogP contribution is -2.04. The molecule has 0 atom stereocenters. The molecule has 7 heteroatoms. The van der Waals surface area contributed by atoms with Gasteiger partial charge in [0, 0.05) is 22.3 Å². The minimum atomic E-state index is -0.743. The maximum absolute atomic E-state index is 13.6. The monoisotopic (exact) mass is 378 g/mol. The zero-order chi connectivity index (χ0) is 18.0. The lowest BCUT2D eigenvalue weighted by Gasteiger charge is -2.09. The molecule has 1 N–H and O–H groups in total. The number of anilines is 2. The summed E-state index contributed by atoms with van der Waals surface area (Å²) < 4.78 is 27.3. The first-order chi connectivity index (χ1) is 12.0. The molecular formula is C18H10Cl2F2N2O. The first-order valence-corrected chi connectivity index (χ1v) is 7.88. The molecule has 1 aromatic heterocycles. The Hall–Kier alpha value is -2.50. The predicted molar refractivity (Wildman–Crippen MR) is 93.8 cm³/mol. The molecule has 0 unspecified atom stereocenters. The van der Waals surface area contributed by atoms with Crippen LogP contribution in [0.5, 0.6) is 0 Å². The summed E-state index contributed by atoms with van der Waals surface area (Å²) in [6.45, 7) is 0. The van der Waals surface area contributed by atoms with Crippen molar-refractivity contribution in [3.8, 4) is 0 Å². The second-order valence-electron chi connectivity index (χ2n) is 5.11. The van der Waals surface area contributed by atoms with Crippen molar-refractivity contribution in [1.82, 2.24) is 4.98 Å². The van der Waals surface area contributed by atoms with Crippen molar-refractivity contribution < 1.29 is 13.6 Å². The smallest absolute Gasteiger partial charge is 0.196 e. The Morgan fingerprint density at radius 2 is 1.72 bits per heavy atom. The number of ketones is 1. The van der Waals surface area contributed by atoms with Crippen LogP contribution in [-0.2, 0) is 0 Å². The third-order valence-corrected chi connectivity index (χ3v) is 3.98. The lowest BCUT2D eigenvalue weighted by atomic mass is 10.1. The van der Waals surface area contributed by atoms with Crippen LogP contribution in [0.25, 0.3) is 0 Å². The van der Waals surface area contributed by atoms with Crippen molar-refractivity contribution in [1.29, 1.82) is 0 Å². The van der Waals surface area contributed by atoms with E-state index in [0.717, 1.165) is 12.1 Å². The average molecular weight is 379 g/mol. The van der Waals surface area contributed by atoms with Gasteiger partial charge in [0.25, 0.3) is 0 Å². The van der Waals surface area contributed by atoms with E-state index in [2.05, 4.69) is 10.3 Å². The van der Waals surface area contributed by atoms with Crippen molar-refractivity contribution in [3.05, 3.63) is 87.5 Å². The van der Waals surface area contributed by atoms with Gasteiger partial charge in [0.2, 0.25) is 0 Å². The molecule has 25 heavy (non-hydrogen) atoms. The summed E-state index contributed by atoms with van der Waals surface area (Å²) in [4.78, 5) is 16.5. The summed E-state index contributed by atoms with van der Waals surface area (Å²) in [6, 6.07) is 11.0. The van der Waals surface area contributed by atoms with Crippen LogP contribution in [0.3, 0.4) is 0 Å². The second-order valence-corrected chi connectivity index (χ2v) is 5.95. The van der Waals surface area contributed by atoms with Gasteiger partial charge in [-0.25, -0.2) is 13.8 Å². The number of para-hydroxylation sites is 1. The zero-order valence-electron chi connectivity index (χ0n) is 12.6. The van der Waals surface area contributed by atoms with Crippen molar-refractivity contribution in [3.63, 3.8) is 0 Å². The van der Waals surface area contributed by atoms with Crippen molar-refractivity contribution >= 4 is 40.5 Å². The molecule has 126 valence electrons. The molecule has 0 aliphatic carbocycles. The van der Waals surface area contributed by atoms with E-state index < -0.39 is 11.6 Å². The minimum Gasteiger partial charge on any atom is -0.335 e. The topological polar surface area (TPSA) is 42.0 Å². The predicted octanol–water partition coefficient (Wildman–Crippen LogP) is 5.64. The Bertz CT molecular complexity index is 926. The fourth-order valence-corrected chi connectivity index (χ4v) is 2.55. The first-order valence-electron chi connectivity index (χ1n) is 7.12. The van der Waals surface area contributed by atoms with Crippen LogP contribution in [0.1, 0.15) is 15.9 Å². The van der Waals surface area contributed by atoms with Gasteiger partial charge >= 0.3 is 0 Å². The standard InChI is InChI=1S/C18H10Cl2F2N2O/c19-11-5-6-13(20)12(8-11)18(25)10-4-7-16(23-9-10)24-17-14(21)2-1-3-15(17)22/h1-9H,(H,23,24). The quantitative estimate of drug-likeness (QED) is 0.597. The van der Waals surface area contributed by atoms with Crippen LogP contribution in [0.15, 0.2) is 54.7 Å².